The predicted molar refractivity (Wildman–Crippen MR) is 61.0 cm³/mol. The van der Waals surface area contributed by atoms with Gasteiger partial charge in [0.15, 0.2) is 9.84 Å². The van der Waals surface area contributed by atoms with Crippen molar-refractivity contribution in [3.63, 3.8) is 0 Å². The molecule has 100 valence electrons. The number of aliphatic hydroxyl groups is 1. The van der Waals surface area contributed by atoms with Crippen molar-refractivity contribution >= 4 is 15.9 Å². The molecule has 0 bridgehead atoms. The summed E-state index contributed by atoms with van der Waals surface area (Å²) < 4.78 is 27.6. The van der Waals surface area contributed by atoms with Crippen molar-refractivity contribution in [2.45, 2.75) is 19.1 Å². The molecule has 0 aromatic heterocycles. The molecule has 7 nitrogen and oxygen atoms in total. The molecule has 17 heavy (non-hydrogen) atoms. The monoisotopic (exact) mass is 266 g/mol. The first kappa shape index (κ1) is 14.2. The fourth-order valence-corrected chi connectivity index (χ4v) is 3.59. The summed E-state index contributed by atoms with van der Waals surface area (Å²) in [5.74, 6) is -0.563. The van der Waals surface area contributed by atoms with Crippen molar-refractivity contribution in [3.8, 4) is 0 Å². The zero-order valence-electron chi connectivity index (χ0n) is 10.2. The van der Waals surface area contributed by atoms with Crippen LogP contribution in [0.4, 0.5) is 4.79 Å². The van der Waals surface area contributed by atoms with Crippen LogP contribution in [0.1, 0.15) is 6.92 Å². The highest BCUT2D eigenvalue weighted by atomic mass is 32.2. The molecule has 1 saturated heterocycles. The number of carbonyl (C=O) groups excluding carboxylic acids is 1. The molecule has 0 aromatic rings. The minimum absolute atomic E-state index is 0.193. The standard InChI is InChI=1S/C9H18N2O5S/c1-4-16-9(13)11(10(2)3)7-5-17(14,15)6-8(7)12/h7-8,12H,4-6H2,1-3H3/t7-,8-/m1/s1. The van der Waals surface area contributed by atoms with E-state index in [1.807, 2.05) is 0 Å². The molecular weight excluding hydrogens is 248 g/mol. The fraction of sp³-hybridized carbons (Fsp3) is 0.889. The van der Waals surface area contributed by atoms with E-state index in [2.05, 4.69) is 0 Å². The normalized spacial score (nSPS) is 27.1. The third-order valence-electron chi connectivity index (χ3n) is 2.49. The number of hydrogen-bond acceptors (Lipinski definition) is 6. The van der Waals surface area contributed by atoms with Crippen LogP contribution in [0, 0.1) is 0 Å². The number of aliphatic hydroxyl groups excluding tert-OH is 1. The highest BCUT2D eigenvalue weighted by Gasteiger charge is 2.43. The molecule has 1 rings (SSSR count). The van der Waals surface area contributed by atoms with Gasteiger partial charge < -0.3 is 9.84 Å². The number of amides is 1. The lowest BCUT2D eigenvalue weighted by Gasteiger charge is -2.33. The average molecular weight is 266 g/mol. The van der Waals surface area contributed by atoms with E-state index in [0.717, 1.165) is 5.01 Å². The molecule has 0 saturated carbocycles. The van der Waals surface area contributed by atoms with Crippen molar-refractivity contribution in [3.05, 3.63) is 0 Å². The molecule has 0 aliphatic carbocycles. The summed E-state index contributed by atoms with van der Waals surface area (Å²) in [7, 11) is -0.114. The lowest BCUT2D eigenvalue weighted by Crippen LogP contribution is -2.53. The molecule has 1 amide bonds. The molecular formula is C9H18N2O5S. The Morgan fingerprint density at radius 2 is 2.00 bits per heavy atom. The van der Waals surface area contributed by atoms with E-state index in [1.165, 1.54) is 5.01 Å². The molecule has 0 aromatic carbocycles. The predicted octanol–water partition coefficient (Wildman–Crippen LogP) is -0.921. The number of nitrogens with zero attached hydrogens (tertiary/aromatic N) is 2. The largest absolute Gasteiger partial charge is 0.449 e. The van der Waals surface area contributed by atoms with E-state index in [4.69, 9.17) is 4.74 Å². The van der Waals surface area contributed by atoms with Crippen LogP contribution < -0.4 is 0 Å². The first-order valence-electron chi connectivity index (χ1n) is 5.30. The van der Waals surface area contributed by atoms with Crippen LogP contribution in [0.25, 0.3) is 0 Å². The van der Waals surface area contributed by atoms with Crippen LogP contribution in [0.5, 0.6) is 0 Å². The second kappa shape index (κ2) is 5.19. The van der Waals surface area contributed by atoms with Crippen LogP contribution in [0.2, 0.25) is 0 Å². The molecule has 2 atom stereocenters. The zero-order chi connectivity index (χ0) is 13.2. The molecule has 0 radical (unpaired) electrons. The summed E-state index contributed by atoms with van der Waals surface area (Å²) in [5, 5.41) is 12.3. The maximum atomic E-state index is 11.7. The molecule has 1 aliphatic rings. The Kier molecular flexibility index (Phi) is 4.34. The Morgan fingerprint density at radius 3 is 2.35 bits per heavy atom. The van der Waals surface area contributed by atoms with Crippen molar-refractivity contribution in [2.24, 2.45) is 0 Å². The summed E-state index contributed by atoms with van der Waals surface area (Å²) >= 11 is 0. The van der Waals surface area contributed by atoms with Crippen molar-refractivity contribution in [1.29, 1.82) is 0 Å². The summed E-state index contributed by atoms with van der Waals surface area (Å²) in [6.07, 6.45) is -1.73. The smallest absolute Gasteiger partial charge is 0.424 e. The fourth-order valence-electron chi connectivity index (χ4n) is 1.83. The van der Waals surface area contributed by atoms with Gasteiger partial charge >= 0.3 is 6.09 Å². The van der Waals surface area contributed by atoms with E-state index in [9.17, 15) is 18.3 Å². The Labute approximate surface area is 101 Å². The number of sulfone groups is 1. The maximum Gasteiger partial charge on any atom is 0.424 e. The van der Waals surface area contributed by atoms with Crippen LogP contribution in [-0.2, 0) is 14.6 Å². The Hall–Kier alpha value is -0.860. The molecule has 1 heterocycles. The van der Waals surface area contributed by atoms with Crippen molar-refractivity contribution < 1.29 is 23.1 Å². The Bertz CT molecular complexity index is 381. The third-order valence-corrected chi connectivity index (χ3v) is 4.19. The topological polar surface area (TPSA) is 87.1 Å². The molecule has 1 fully saturated rings. The Balaban J connectivity index is 2.89. The Morgan fingerprint density at radius 1 is 1.41 bits per heavy atom. The highest BCUT2D eigenvalue weighted by Crippen LogP contribution is 2.20. The van der Waals surface area contributed by atoms with Crippen LogP contribution in [0.15, 0.2) is 0 Å². The van der Waals surface area contributed by atoms with E-state index in [0.29, 0.717) is 0 Å². The minimum Gasteiger partial charge on any atom is -0.449 e. The highest BCUT2D eigenvalue weighted by molar-refractivity contribution is 7.91. The first-order chi connectivity index (χ1) is 7.78. The van der Waals surface area contributed by atoms with E-state index < -0.39 is 28.1 Å². The maximum absolute atomic E-state index is 11.7. The minimum atomic E-state index is -3.30. The van der Waals surface area contributed by atoms with Crippen molar-refractivity contribution in [1.82, 2.24) is 10.0 Å². The van der Waals surface area contributed by atoms with E-state index >= 15 is 0 Å². The second-order valence-corrected chi connectivity index (χ2v) is 6.26. The van der Waals surface area contributed by atoms with E-state index in [-0.39, 0.29) is 18.1 Å². The van der Waals surface area contributed by atoms with Gasteiger partial charge in [-0.3, -0.25) is 0 Å². The van der Waals surface area contributed by atoms with Gasteiger partial charge in [0.25, 0.3) is 0 Å². The molecule has 0 unspecified atom stereocenters. The number of hydrogen-bond donors (Lipinski definition) is 1. The van der Waals surface area contributed by atoms with Crippen molar-refractivity contribution in [2.75, 3.05) is 32.2 Å². The number of ether oxygens (including phenoxy) is 1. The second-order valence-electron chi connectivity index (χ2n) is 4.10. The number of carbonyl (C=O) groups is 1. The van der Waals surface area contributed by atoms with Gasteiger partial charge in [-0.25, -0.2) is 23.2 Å². The van der Waals surface area contributed by atoms with Gasteiger partial charge in [-0.2, -0.15) is 0 Å². The summed E-state index contributed by atoms with van der Waals surface area (Å²) in [5.41, 5.74) is 0. The number of hydrazine groups is 1. The SMILES string of the molecule is CCOC(=O)N([C@@H]1CS(=O)(=O)C[C@H]1O)N(C)C. The third kappa shape index (κ3) is 3.30. The quantitative estimate of drug-likeness (QED) is 0.665. The van der Waals surface area contributed by atoms with Gasteiger partial charge in [-0.1, -0.05) is 0 Å². The van der Waals surface area contributed by atoms with Gasteiger partial charge in [-0.05, 0) is 6.92 Å². The zero-order valence-corrected chi connectivity index (χ0v) is 11.0. The van der Waals surface area contributed by atoms with Gasteiger partial charge in [0.2, 0.25) is 0 Å². The lowest BCUT2D eigenvalue weighted by molar-refractivity contribution is -0.0401. The first-order valence-corrected chi connectivity index (χ1v) is 7.12. The molecule has 0 spiro atoms. The van der Waals surface area contributed by atoms with Crippen LogP contribution in [-0.4, -0.2) is 74.0 Å². The molecule has 1 N–H and O–H groups in total. The molecule has 1 aliphatic heterocycles. The van der Waals surface area contributed by atoms with Gasteiger partial charge in [0, 0.05) is 14.1 Å². The summed E-state index contributed by atoms with van der Waals surface area (Å²) in [6.45, 7) is 1.85. The number of rotatable bonds is 3. The lowest BCUT2D eigenvalue weighted by atomic mass is 10.2. The average Bonchev–Trinajstić information content (AvgIpc) is 2.40. The van der Waals surface area contributed by atoms with Crippen LogP contribution >= 0.6 is 0 Å². The summed E-state index contributed by atoms with van der Waals surface area (Å²) in [6, 6.07) is -0.783. The van der Waals surface area contributed by atoms with Gasteiger partial charge in [0.1, 0.15) is 0 Å². The van der Waals surface area contributed by atoms with Gasteiger partial charge in [0.05, 0.1) is 30.3 Å². The summed E-state index contributed by atoms with van der Waals surface area (Å²) in [4.78, 5) is 11.7. The van der Waals surface area contributed by atoms with E-state index in [1.54, 1.807) is 21.0 Å². The van der Waals surface area contributed by atoms with Crippen LogP contribution in [0.3, 0.4) is 0 Å². The molecule has 8 heteroatoms. The van der Waals surface area contributed by atoms with Gasteiger partial charge in [-0.15, -0.1) is 0 Å².